The molecule has 0 aliphatic carbocycles. The van der Waals surface area contributed by atoms with Gasteiger partial charge in [-0.25, -0.2) is 0 Å². The van der Waals surface area contributed by atoms with Gasteiger partial charge in [-0.3, -0.25) is 0 Å². The highest BCUT2D eigenvalue weighted by atomic mass is 32.1. The summed E-state index contributed by atoms with van der Waals surface area (Å²) in [6, 6.07) is 2.31. The van der Waals surface area contributed by atoms with Crippen molar-refractivity contribution < 1.29 is 0 Å². The summed E-state index contributed by atoms with van der Waals surface area (Å²) in [7, 11) is 0. The Balaban J connectivity index is 2.07. The third-order valence-corrected chi connectivity index (χ3v) is 4.67. The van der Waals surface area contributed by atoms with Crippen molar-refractivity contribution in [2.75, 3.05) is 11.4 Å². The van der Waals surface area contributed by atoms with Gasteiger partial charge in [0.1, 0.15) is 0 Å². The summed E-state index contributed by atoms with van der Waals surface area (Å²) >= 11 is 1.94. The molecule has 1 fully saturated rings. The average Bonchev–Trinajstić information content (AvgIpc) is 2.72. The molecular formula is C11H15NS. The second-order valence-corrected chi connectivity index (χ2v) is 5.24. The maximum atomic E-state index is 2.67. The SMILES string of the molecule is CCC12CCCN1c1ccsc1C2. The molecule has 3 rings (SSSR count). The first kappa shape index (κ1) is 7.86. The highest BCUT2D eigenvalue weighted by Gasteiger charge is 2.45. The summed E-state index contributed by atoms with van der Waals surface area (Å²) in [5, 5.41) is 2.24. The molecule has 0 bridgehead atoms. The van der Waals surface area contributed by atoms with Crippen molar-refractivity contribution in [1.29, 1.82) is 0 Å². The fourth-order valence-electron chi connectivity index (χ4n) is 3.00. The van der Waals surface area contributed by atoms with E-state index in [1.807, 2.05) is 11.3 Å². The van der Waals surface area contributed by atoms with Crippen LogP contribution >= 0.6 is 11.3 Å². The van der Waals surface area contributed by atoms with Gasteiger partial charge in [-0.2, -0.15) is 0 Å². The lowest BCUT2D eigenvalue weighted by Gasteiger charge is -2.32. The van der Waals surface area contributed by atoms with Crippen LogP contribution in [0.1, 0.15) is 31.1 Å². The van der Waals surface area contributed by atoms with Crippen molar-refractivity contribution in [3.8, 4) is 0 Å². The van der Waals surface area contributed by atoms with Crippen LogP contribution in [0.25, 0.3) is 0 Å². The molecule has 0 radical (unpaired) electrons. The molecule has 2 heteroatoms. The molecule has 0 amide bonds. The molecule has 3 heterocycles. The van der Waals surface area contributed by atoms with Crippen molar-refractivity contribution >= 4 is 17.0 Å². The molecule has 1 nitrogen and oxygen atoms in total. The number of anilines is 1. The molecule has 1 aromatic heterocycles. The zero-order valence-corrected chi connectivity index (χ0v) is 8.86. The van der Waals surface area contributed by atoms with Crippen LogP contribution in [-0.2, 0) is 6.42 Å². The third kappa shape index (κ3) is 0.872. The summed E-state index contributed by atoms with van der Waals surface area (Å²) in [6.45, 7) is 3.63. The van der Waals surface area contributed by atoms with Crippen LogP contribution in [0, 0.1) is 0 Å². The lowest BCUT2D eigenvalue weighted by atomic mass is 9.91. The van der Waals surface area contributed by atoms with E-state index in [4.69, 9.17) is 0 Å². The molecule has 0 spiro atoms. The van der Waals surface area contributed by atoms with E-state index in [-0.39, 0.29) is 0 Å². The van der Waals surface area contributed by atoms with E-state index in [0.29, 0.717) is 5.54 Å². The molecule has 1 aromatic rings. The van der Waals surface area contributed by atoms with E-state index in [2.05, 4.69) is 23.3 Å². The van der Waals surface area contributed by atoms with Gasteiger partial charge in [-0.15, -0.1) is 11.3 Å². The number of nitrogens with zero attached hydrogens (tertiary/aromatic N) is 1. The highest BCUT2D eigenvalue weighted by molar-refractivity contribution is 7.10. The average molecular weight is 193 g/mol. The fourth-order valence-corrected chi connectivity index (χ4v) is 4.01. The molecule has 1 saturated heterocycles. The summed E-state index contributed by atoms with van der Waals surface area (Å²) in [6.07, 6.45) is 5.43. The van der Waals surface area contributed by atoms with E-state index in [9.17, 15) is 0 Å². The van der Waals surface area contributed by atoms with Crippen LogP contribution in [0.2, 0.25) is 0 Å². The quantitative estimate of drug-likeness (QED) is 0.662. The molecule has 13 heavy (non-hydrogen) atoms. The van der Waals surface area contributed by atoms with Gasteiger partial charge in [0, 0.05) is 23.4 Å². The van der Waals surface area contributed by atoms with E-state index in [0.717, 1.165) is 0 Å². The number of hydrogen-bond acceptors (Lipinski definition) is 2. The van der Waals surface area contributed by atoms with Gasteiger partial charge in [-0.05, 0) is 30.7 Å². The molecule has 70 valence electrons. The lowest BCUT2D eigenvalue weighted by molar-refractivity contribution is 0.431. The molecule has 1 unspecified atom stereocenters. The predicted molar refractivity (Wildman–Crippen MR) is 57.6 cm³/mol. The summed E-state index contributed by atoms with van der Waals surface area (Å²) in [4.78, 5) is 4.29. The van der Waals surface area contributed by atoms with Crippen LogP contribution in [0.5, 0.6) is 0 Å². The van der Waals surface area contributed by atoms with Gasteiger partial charge in [0.25, 0.3) is 0 Å². The Kier molecular flexibility index (Phi) is 1.51. The van der Waals surface area contributed by atoms with Crippen LogP contribution in [0.4, 0.5) is 5.69 Å². The molecule has 0 N–H and O–H groups in total. The van der Waals surface area contributed by atoms with E-state index < -0.39 is 0 Å². The Morgan fingerprint density at radius 2 is 2.54 bits per heavy atom. The van der Waals surface area contributed by atoms with Crippen LogP contribution in [0.15, 0.2) is 11.4 Å². The van der Waals surface area contributed by atoms with Crippen LogP contribution in [-0.4, -0.2) is 12.1 Å². The minimum absolute atomic E-state index is 0.530. The molecule has 1 atom stereocenters. The number of fused-ring (bicyclic) bond motifs is 3. The molecule has 2 aliphatic rings. The van der Waals surface area contributed by atoms with Crippen molar-refractivity contribution in [3.05, 3.63) is 16.3 Å². The normalized spacial score (nSPS) is 30.7. The Morgan fingerprint density at radius 3 is 3.38 bits per heavy atom. The van der Waals surface area contributed by atoms with Gasteiger partial charge < -0.3 is 4.90 Å². The maximum absolute atomic E-state index is 2.67. The largest absolute Gasteiger partial charge is 0.365 e. The molecule has 0 aromatic carbocycles. The standard InChI is InChI=1S/C11H15NS/c1-2-11-5-3-6-12(11)9-4-7-13-10(9)8-11/h4,7H,2-3,5-6,8H2,1H3. The minimum Gasteiger partial charge on any atom is -0.365 e. The molecule has 2 aliphatic heterocycles. The second-order valence-electron chi connectivity index (χ2n) is 4.24. The fraction of sp³-hybridized carbons (Fsp3) is 0.636. The minimum atomic E-state index is 0.530. The highest BCUT2D eigenvalue weighted by Crippen LogP contribution is 2.48. The number of thiophene rings is 1. The molecule has 0 saturated carbocycles. The van der Waals surface area contributed by atoms with Gasteiger partial charge in [0.15, 0.2) is 0 Å². The summed E-state index contributed by atoms with van der Waals surface area (Å²) in [5.41, 5.74) is 2.08. The van der Waals surface area contributed by atoms with Crippen molar-refractivity contribution in [2.45, 2.75) is 38.1 Å². The van der Waals surface area contributed by atoms with Gasteiger partial charge in [0.2, 0.25) is 0 Å². The van der Waals surface area contributed by atoms with Crippen molar-refractivity contribution in [3.63, 3.8) is 0 Å². The maximum Gasteiger partial charge on any atom is 0.0513 e. The van der Waals surface area contributed by atoms with Crippen molar-refractivity contribution in [1.82, 2.24) is 0 Å². The van der Waals surface area contributed by atoms with E-state index >= 15 is 0 Å². The Labute approximate surface area is 83.4 Å². The first-order valence-electron chi connectivity index (χ1n) is 5.20. The van der Waals surface area contributed by atoms with Crippen LogP contribution in [0.3, 0.4) is 0 Å². The second kappa shape index (κ2) is 2.50. The van der Waals surface area contributed by atoms with E-state index in [1.165, 1.54) is 32.2 Å². The number of rotatable bonds is 1. The third-order valence-electron chi connectivity index (χ3n) is 3.76. The molecular weight excluding hydrogens is 178 g/mol. The Bertz CT molecular complexity index is 331. The van der Waals surface area contributed by atoms with Crippen molar-refractivity contribution in [2.24, 2.45) is 0 Å². The predicted octanol–water partition coefficient (Wildman–Crippen LogP) is 3.05. The monoisotopic (exact) mass is 193 g/mol. The number of hydrogen-bond donors (Lipinski definition) is 0. The van der Waals surface area contributed by atoms with E-state index in [1.54, 1.807) is 10.6 Å². The zero-order valence-electron chi connectivity index (χ0n) is 8.05. The van der Waals surface area contributed by atoms with Gasteiger partial charge in [-0.1, -0.05) is 6.92 Å². The van der Waals surface area contributed by atoms with Gasteiger partial charge >= 0.3 is 0 Å². The topological polar surface area (TPSA) is 3.24 Å². The smallest absolute Gasteiger partial charge is 0.0513 e. The summed E-state index contributed by atoms with van der Waals surface area (Å²) < 4.78 is 0. The first-order valence-corrected chi connectivity index (χ1v) is 6.08. The Morgan fingerprint density at radius 1 is 1.62 bits per heavy atom. The van der Waals surface area contributed by atoms with Gasteiger partial charge in [0.05, 0.1) is 5.69 Å². The lowest BCUT2D eigenvalue weighted by Crippen LogP contribution is -2.40. The Hall–Kier alpha value is -0.500. The zero-order chi connectivity index (χ0) is 8.89. The summed E-state index contributed by atoms with van der Waals surface area (Å²) in [5.74, 6) is 0. The first-order chi connectivity index (χ1) is 6.36. The van der Waals surface area contributed by atoms with Crippen LogP contribution < -0.4 is 4.90 Å².